The highest BCUT2D eigenvalue weighted by Crippen LogP contribution is 2.36. The van der Waals surface area contributed by atoms with E-state index >= 15 is 0 Å². The molecule has 7 heteroatoms. The van der Waals surface area contributed by atoms with Gasteiger partial charge in [0, 0.05) is 16.8 Å². The van der Waals surface area contributed by atoms with Crippen LogP contribution in [0.2, 0.25) is 10.2 Å². The van der Waals surface area contributed by atoms with Crippen LogP contribution in [0.1, 0.15) is 10.5 Å². The first-order valence-corrected chi connectivity index (χ1v) is 8.45. The fourth-order valence-corrected chi connectivity index (χ4v) is 3.12. The van der Waals surface area contributed by atoms with Gasteiger partial charge in [-0.15, -0.1) is 0 Å². The van der Waals surface area contributed by atoms with E-state index < -0.39 is 5.91 Å². The maximum absolute atomic E-state index is 12.6. The topological polar surface area (TPSA) is 64.4 Å². The van der Waals surface area contributed by atoms with Gasteiger partial charge in [-0.2, -0.15) is 0 Å². The maximum atomic E-state index is 12.6. The number of ether oxygens (including phenoxy) is 1. The average Bonchev–Trinajstić information content (AvgIpc) is 3.00. The van der Waals surface area contributed by atoms with Crippen LogP contribution in [-0.4, -0.2) is 18.0 Å². The highest BCUT2D eigenvalue weighted by Gasteiger charge is 2.17. The van der Waals surface area contributed by atoms with Crippen LogP contribution in [0.5, 0.6) is 5.75 Å². The zero-order chi connectivity index (χ0) is 18.3. The van der Waals surface area contributed by atoms with E-state index in [0.717, 1.165) is 16.4 Å². The number of hydrogen-bond donors (Lipinski definition) is 1. The third kappa shape index (κ3) is 2.85. The minimum absolute atomic E-state index is 0.0333. The predicted molar refractivity (Wildman–Crippen MR) is 102 cm³/mol. The molecule has 0 radical (unpaired) electrons. The summed E-state index contributed by atoms with van der Waals surface area (Å²) in [6.45, 7) is 0. The summed E-state index contributed by atoms with van der Waals surface area (Å²) >= 11 is 11.9. The van der Waals surface area contributed by atoms with E-state index in [9.17, 15) is 4.79 Å². The molecular weight excluding hydrogens is 375 g/mol. The lowest BCUT2D eigenvalue weighted by atomic mass is 10.1. The number of carbonyl (C=O) groups is 1. The number of para-hydroxylation sites is 1. The number of furan rings is 1. The molecule has 1 N–H and O–H groups in total. The van der Waals surface area contributed by atoms with Gasteiger partial charge in [-0.3, -0.25) is 4.79 Å². The second kappa shape index (κ2) is 6.52. The molecule has 0 aliphatic carbocycles. The molecule has 2 aromatic heterocycles. The van der Waals surface area contributed by atoms with Gasteiger partial charge >= 0.3 is 0 Å². The molecule has 2 heterocycles. The summed E-state index contributed by atoms with van der Waals surface area (Å²) in [6.07, 6.45) is 0. The van der Waals surface area contributed by atoms with Crippen LogP contribution in [0.25, 0.3) is 21.9 Å². The number of nitrogens with one attached hydrogen (secondary N) is 1. The largest absolute Gasteiger partial charge is 0.495 e. The molecule has 0 spiro atoms. The van der Waals surface area contributed by atoms with Crippen molar-refractivity contribution in [2.75, 3.05) is 12.4 Å². The molecule has 0 bridgehead atoms. The molecular formula is C19H12Cl2N2O3. The van der Waals surface area contributed by atoms with Gasteiger partial charge < -0.3 is 14.5 Å². The summed E-state index contributed by atoms with van der Waals surface area (Å²) in [5.41, 5.74) is 1.87. The van der Waals surface area contributed by atoms with E-state index in [-0.39, 0.29) is 15.9 Å². The Morgan fingerprint density at radius 2 is 1.88 bits per heavy atom. The van der Waals surface area contributed by atoms with Crippen LogP contribution in [0, 0.1) is 0 Å². The predicted octanol–water partition coefficient (Wildman–Crippen LogP) is 5.55. The Kier molecular flexibility index (Phi) is 4.18. The van der Waals surface area contributed by atoms with Crippen LogP contribution in [0.15, 0.2) is 52.9 Å². The Bertz CT molecular complexity index is 1150. The first kappa shape index (κ1) is 16.7. The Morgan fingerprint density at radius 3 is 2.69 bits per heavy atom. The van der Waals surface area contributed by atoms with Crippen molar-refractivity contribution in [3.05, 3.63) is 64.4 Å². The number of fused-ring (bicyclic) bond motifs is 3. The first-order chi connectivity index (χ1) is 12.6. The van der Waals surface area contributed by atoms with E-state index in [2.05, 4.69) is 10.3 Å². The standard InChI is InChI=1S/C19H12Cl2N2O3/c1-25-16-8-11-10-4-2-3-5-14(10)26-15(11)9-13(16)22-19(24)18-12(20)6-7-17(21)23-18/h2-9H,1H3,(H,22,24). The van der Waals surface area contributed by atoms with Gasteiger partial charge in [0.15, 0.2) is 0 Å². The fourth-order valence-electron chi connectivity index (χ4n) is 2.78. The molecule has 0 atom stereocenters. The number of pyridine rings is 1. The van der Waals surface area contributed by atoms with E-state index in [4.69, 9.17) is 32.4 Å². The zero-order valence-electron chi connectivity index (χ0n) is 13.5. The number of benzene rings is 2. The number of hydrogen-bond acceptors (Lipinski definition) is 4. The molecule has 4 aromatic rings. The van der Waals surface area contributed by atoms with Gasteiger partial charge in [0.2, 0.25) is 0 Å². The van der Waals surface area contributed by atoms with Crippen LogP contribution < -0.4 is 10.1 Å². The molecule has 26 heavy (non-hydrogen) atoms. The molecule has 0 unspecified atom stereocenters. The van der Waals surface area contributed by atoms with Gasteiger partial charge in [0.1, 0.15) is 27.8 Å². The van der Waals surface area contributed by atoms with Crippen molar-refractivity contribution in [2.45, 2.75) is 0 Å². The lowest BCUT2D eigenvalue weighted by molar-refractivity contribution is 0.102. The van der Waals surface area contributed by atoms with Crippen molar-refractivity contribution < 1.29 is 13.9 Å². The summed E-state index contributed by atoms with van der Waals surface area (Å²) in [5, 5.41) is 5.01. The number of nitrogens with zero attached hydrogens (tertiary/aromatic N) is 1. The molecule has 130 valence electrons. The second-order valence-corrected chi connectivity index (χ2v) is 6.36. The summed E-state index contributed by atoms with van der Waals surface area (Å²) < 4.78 is 11.3. The summed E-state index contributed by atoms with van der Waals surface area (Å²) in [4.78, 5) is 16.5. The van der Waals surface area contributed by atoms with Crippen molar-refractivity contribution >= 4 is 56.7 Å². The number of carbonyl (C=O) groups excluding carboxylic acids is 1. The monoisotopic (exact) mass is 386 g/mol. The normalized spacial score (nSPS) is 11.0. The fraction of sp³-hybridized carbons (Fsp3) is 0.0526. The molecule has 0 saturated carbocycles. The molecule has 0 saturated heterocycles. The quantitative estimate of drug-likeness (QED) is 0.468. The Labute approximate surface area is 158 Å². The number of methoxy groups -OCH3 is 1. The van der Waals surface area contributed by atoms with Gasteiger partial charge in [0.05, 0.1) is 17.8 Å². The van der Waals surface area contributed by atoms with Gasteiger partial charge in [-0.25, -0.2) is 4.98 Å². The number of rotatable bonds is 3. The Balaban J connectivity index is 1.79. The zero-order valence-corrected chi connectivity index (χ0v) is 15.1. The Hall–Kier alpha value is -2.76. The minimum atomic E-state index is -0.494. The van der Waals surface area contributed by atoms with Gasteiger partial charge in [-0.05, 0) is 24.3 Å². The highest BCUT2D eigenvalue weighted by molar-refractivity contribution is 6.35. The van der Waals surface area contributed by atoms with Crippen LogP contribution >= 0.6 is 23.2 Å². The second-order valence-electron chi connectivity index (χ2n) is 5.57. The molecule has 1 amide bonds. The number of halogens is 2. The van der Waals surface area contributed by atoms with Gasteiger partial charge in [-0.1, -0.05) is 41.4 Å². The minimum Gasteiger partial charge on any atom is -0.495 e. The summed E-state index contributed by atoms with van der Waals surface area (Å²) in [5.74, 6) is 0.00168. The molecule has 0 aliphatic rings. The van der Waals surface area contributed by atoms with Crippen molar-refractivity contribution in [1.82, 2.24) is 4.98 Å². The first-order valence-electron chi connectivity index (χ1n) is 7.69. The summed E-state index contributed by atoms with van der Waals surface area (Å²) in [7, 11) is 1.53. The smallest absolute Gasteiger partial charge is 0.275 e. The SMILES string of the molecule is COc1cc2c(cc1NC(=O)c1nc(Cl)ccc1Cl)oc1ccccc12. The molecule has 2 aromatic carbocycles. The summed E-state index contributed by atoms with van der Waals surface area (Å²) in [6, 6.07) is 14.3. The lowest BCUT2D eigenvalue weighted by Crippen LogP contribution is -2.15. The van der Waals surface area contributed by atoms with E-state index in [1.54, 1.807) is 6.07 Å². The number of anilines is 1. The molecule has 5 nitrogen and oxygen atoms in total. The third-order valence-corrected chi connectivity index (χ3v) is 4.49. The lowest BCUT2D eigenvalue weighted by Gasteiger charge is -2.11. The van der Waals surface area contributed by atoms with Crippen molar-refractivity contribution in [3.63, 3.8) is 0 Å². The van der Waals surface area contributed by atoms with Crippen LogP contribution in [-0.2, 0) is 0 Å². The number of amides is 1. The van der Waals surface area contributed by atoms with E-state index in [1.165, 1.54) is 19.2 Å². The molecule has 4 rings (SSSR count). The van der Waals surface area contributed by atoms with Crippen LogP contribution in [0.4, 0.5) is 5.69 Å². The van der Waals surface area contributed by atoms with Crippen molar-refractivity contribution in [2.24, 2.45) is 0 Å². The average molecular weight is 387 g/mol. The third-order valence-electron chi connectivity index (χ3n) is 3.97. The van der Waals surface area contributed by atoms with Gasteiger partial charge in [0.25, 0.3) is 5.91 Å². The maximum Gasteiger partial charge on any atom is 0.275 e. The van der Waals surface area contributed by atoms with Crippen molar-refractivity contribution in [3.8, 4) is 5.75 Å². The van der Waals surface area contributed by atoms with E-state index in [0.29, 0.717) is 17.0 Å². The molecule has 0 fully saturated rings. The van der Waals surface area contributed by atoms with Crippen molar-refractivity contribution in [1.29, 1.82) is 0 Å². The Morgan fingerprint density at radius 1 is 1.08 bits per heavy atom. The molecule has 0 aliphatic heterocycles. The number of aromatic nitrogens is 1. The highest BCUT2D eigenvalue weighted by atomic mass is 35.5. The van der Waals surface area contributed by atoms with E-state index in [1.807, 2.05) is 30.3 Å². The van der Waals surface area contributed by atoms with Crippen LogP contribution in [0.3, 0.4) is 0 Å².